The first-order valence-corrected chi connectivity index (χ1v) is 10.3. The average molecular weight is 389 g/mol. The zero-order valence-corrected chi connectivity index (χ0v) is 16.9. The molecule has 1 aliphatic rings. The number of rotatable bonds is 6. The fourth-order valence-electron chi connectivity index (χ4n) is 3.95. The number of hydrogen-bond donors (Lipinski definition) is 1. The van der Waals surface area contributed by atoms with Gasteiger partial charge < -0.3 is 9.88 Å². The molecule has 29 heavy (non-hydrogen) atoms. The minimum Gasteiger partial charge on any atom is -0.331 e. The molecule has 4 rings (SSSR count). The Labute approximate surface area is 172 Å². The fraction of sp³-hybridized carbons (Fsp3) is 0.333. The van der Waals surface area contributed by atoms with Crippen LogP contribution in [-0.2, 0) is 11.3 Å². The molecule has 150 valence electrons. The number of hydrogen-bond acceptors (Lipinski definition) is 3. The molecule has 5 nitrogen and oxygen atoms in total. The summed E-state index contributed by atoms with van der Waals surface area (Å²) in [6, 6.07) is 18.3. The number of nitrogens with zero attached hydrogens (tertiary/aromatic N) is 3. The van der Waals surface area contributed by atoms with E-state index in [1.54, 1.807) is 0 Å². The van der Waals surface area contributed by atoms with Crippen LogP contribution in [0.25, 0.3) is 11.4 Å². The van der Waals surface area contributed by atoms with Crippen LogP contribution in [0.1, 0.15) is 18.4 Å². The van der Waals surface area contributed by atoms with Crippen molar-refractivity contribution in [2.24, 2.45) is 5.92 Å². The van der Waals surface area contributed by atoms with E-state index in [1.807, 2.05) is 43.5 Å². The largest absolute Gasteiger partial charge is 0.331 e. The molecule has 1 fully saturated rings. The Morgan fingerprint density at radius 1 is 1.07 bits per heavy atom. The molecular weight excluding hydrogens is 360 g/mol. The lowest BCUT2D eigenvalue weighted by Gasteiger charge is -2.31. The van der Waals surface area contributed by atoms with Gasteiger partial charge >= 0.3 is 0 Å². The van der Waals surface area contributed by atoms with Crippen molar-refractivity contribution in [1.29, 1.82) is 0 Å². The molecule has 0 atom stereocenters. The lowest BCUT2D eigenvalue weighted by atomic mass is 9.96. The predicted octanol–water partition coefficient (Wildman–Crippen LogP) is 4.21. The van der Waals surface area contributed by atoms with Crippen molar-refractivity contribution in [2.75, 3.05) is 25.0 Å². The molecule has 0 aliphatic carbocycles. The van der Waals surface area contributed by atoms with E-state index in [0.717, 1.165) is 49.6 Å². The summed E-state index contributed by atoms with van der Waals surface area (Å²) < 4.78 is 2.26. The highest BCUT2D eigenvalue weighted by Crippen LogP contribution is 2.23. The Balaban J connectivity index is 1.26. The topological polar surface area (TPSA) is 50.2 Å². The average Bonchev–Trinajstić information content (AvgIpc) is 3.20. The molecule has 2 heterocycles. The molecule has 5 heteroatoms. The third kappa shape index (κ3) is 5.12. The number of benzene rings is 2. The summed E-state index contributed by atoms with van der Waals surface area (Å²) in [5.74, 6) is 1.71. The van der Waals surface area contributed by atoms with Gasteiger partial charge in [0.15, 0.2) is 0 Å². The molecule has 1 amide bonds. The summed E-state index contributed by atoms with van der Waals surface area (Å²) in [6.07, 6.45) is 6.16. The number of carbonyl (C=O) groups excluding carboxylic acids is 1. The van der Waals surface area contributed by atoms with E-state index in [1.165, 1.54) is 5.56 Å². The Morgan fingerprint density at radius 3 is 2.52 bits per heavy atom. The first-order valence-electron chi connectivity index (χ1n) is 10.3. The highest BCUT2D eigenvalue weighted by atomic mass is 16.2. The minimum absolute atomic E-state index is 0.0632. The Hall–Kier alpha value is -2.92. The summed E-state index contributed by atoms with van der Waals surface area (Å²) in [7, 11) is 0. The van der Waals surface area contributed by atoms with Crippen LogP contribution < -0.4 is 5.32 Å². The van der Waals surface area contributed by atoms with Gasteiger partial charge in [-0.25, -0.2) is 4.98 Å². The van der Waals surface area contributed by atoms with Crippen LogP contribution in [0, 0.1) is 12.8 Å². The predicted molar refractivity (Wildman–Crippen MR) is 117 cm³/mol. The van der Waals surface area contributed by atoms with E-state index in [9.17, 15) is 4.79 Å². The number of carbonyl (C=O) groups is 1. The molecule has 2 aromatic carbocycles. The summed E-state index contributed by atoms with van der Waals surface area (Å²) >= 11 is 0. The number of piperidine rings is 1. The molecule has 0 unspecified atom stereocenters. The van der Waals surface area contributed by atoms with Crippen molar-refractivity contribution in [2.45, 2.75) is 26.3 Å². The van der Waals surface area contributed by atoms with E-state index >= 15 is 0 Å². The normalized spacial score (nSPS) is 15.3. The van der Waals surface area contributed by atoms with Gasteiger partial charge in [-0.15, -0.1) is 0 Å². The molecule has 0 saturated carbocycles. The number of amides is 1. The standard InChI is InChI=1S/C24H28N4O/c1-19-7-9-22(10-8-19)26-23(29)18-27-14-11-20(12-15-27)17-28-16-13-25-24(28)21-5-3-2-4-6-21/h2-10,13,16,20H,11-12,14-15,17-18H2,1H3,(H,26,29). The van der Waals surface area contributed by atoms with Crippen LogP contribution in [0.3, 0.4) is 0 Å². The van der Waals surface area contributed by atoms with E-state index < -0.39 is 0 Å². The molecule has 1 saturated heterocycles. The number of nitrogens with one attached hydrogen (secondary N) is 1. The zero-order chi connectivity index (χ0) is 20.1. The third-order valence-electron chi connectivity index (χ3n) is 5.61. The first kappa shape index (κ1) is 19.4. The first-order chi connectivity index (χ1) is 14.2. The van der Waals surface area contributed by atoms with E-state index in [-0.39, 0.29) is 5.91 Å². The van der Waals surface area contributed by atoms with Crippen LogP contribution in [0.2, 0.25) is 0 Å². The second-order valence-corrected chi connectivity index (χ2v) is 7.90. The second kappa shape index (κ2) is 9.05. The van der Waals surface area contributed by atoms with Crippen LogP contribution in [0.15, 0.2) is 67.0 Å². The molecule has 0 bridgehead atoms. The molecule has 3 aromatic rings. The lowest BCUT2D eigenvalue weighted by Crippen LogP contribution is -2.40. The fourth-order valence-corrected chi connectivity index (χ4v) is 3.95. The molecule has 0 radical (unpaired) electrons. The number of imidazole rings is 1. The van der Waals surface area contributed by atoms with Gasteiger partial charge in [0.2, 0.25) is 5.91 Å². The number of aromatic nitrogens is 2. The second-order valence-electron chi connectivity index (χ2n) is 7.90. The van der Waals surface area contributed by atoms with Gasteiger partial charge in [0.1, 0.15) is 5.82 Å². The Morgan fingerprint density at radius 2 is 1.79 bits per heavy atom. The smallest absolute Gasteiger partial charge is 0.238 e. The Bertz CT molecular complexity index is 925. The van der Waals surface area contributed by atoms with Crippen molar-refractivity contribution in [3.8, 4) is 11.4 Å². The molecule has 1 N–H and O–H groups in total. The number of likely N-dealkylation sites (tertiary alicyclic amines) is 1. The highest BCUT2D eigenvalue weighted by Gasteiger charge is 2.22. The zero-order valence-electron chi connectivity index (χ0n) is 16.9. The number of aryl methyl sites for hydroxylation is 1. The van der Waals surface area contributed by atoms with Crippen molar-refractivity contribution in [1.82, 2.24) is 14.5 Å². The molecule has 1 aliphatic heterocycles. The van der Waals surface area contributed by atoms with Gasteiger partial charge in [0, 0.05) is 30.2 Å². The van der Waals surface area contributed by atoms with Crippen molar-refractivity contribution in [3.05, 3.63) is 72.6 Å². The third-order valence-corrected chi connectivity index (χ3v) is 5.61. The van der Waals surface area contributed by atoms with Gasteiger partial charge in [-0.3, -0.25) is 9.69 Å². The highest BCUT2D eigenvalue weighted by molar-refractivity contribution is 5.92. The van der Waals surface area contributed by atoms with Crippen molar-refractivity contribution < 1.29 is 4.79 Å². The van der Waals surface area contributed by atoms with Crippen LogP contribution in [-0.4, -0.2) is 40.0 Å². The van der Waals surface area contributed by atoms with E-state index in [4.69, 9.17) is 0 Å². The lowest BCUT2D eigenvalue weighted by molar-refractivity contribution is -0.117. The minimum atomic E-state index is 0.0632. The van der Waals surface area contributed by atoms with Gasteiger partial charge in [0.25, 0.3) is 0 Å². The van der Waals surface area contributed by atoms with Gasteiger partial charge in [0.05, 0.1) is 6.54 Å². The van der Waals surface area contributed by atoms with Crippen LogP contribution in [0.5, 0.6) is 0 Å². The maximum Gasteiger partial charge on any atom is 0.238 e. The SMILES string of the molecule is Cc1ccc(NC(=O)CN2CCC(Cn3ccnc3-c3ccccc3)CC2)cc1. The van der Waals surface area contributed by atoms with Crippen LogP contribution in [0.4, 0.5) is 5.69 Å². The maximum absolute atomic E-state index is 12.3. The molecule has 0 spiro atoms. The van der Waals surface area contributed by atoms with Gasteiger partial charge in [-0.1, -0.05) is 48.0 Å². The van der Waals surface area contributed by atoms with Crippen molar-refractivity contribution >= 4 is 11.6 Å². The van der Waals surface area contributed by atoms with Crippen molar-refractivity contribution in [3.63, 3.8) is 0 Å². The number of anilines is 1. The van der Waals surface area contributed by atoms with Gasteiger partial charge in [-0.05, 0) is 50.9 Å². The van der Waals surface area contributed by atoms with Crippen LogP contribution >= 0.6 is 0 Å². The monoisotopic (exact) mass is 388 g/mol. The Kier molecular flexibility index (Phi) is 6.06. The quantitative estimate of drug-likeness (QED) is 0.688. The molecule has 1 aromatic heterocycles. The molecular formula is C24H28N4O. The maximum atomic E-state index is 12.3. The summed E-state index contributed by atoms with van der Waals surface area (Å²) in [4.78, 5) is 19.1. The summed E-state index contributed by atoms with van der Waals surface area (Å²) in [5, 5.41) is 3.00. The summed E-state index contributed by atoms with van der Waals surface area (Å²) in [6.45, 7) is 5.40. The van der Waals surface area contributed by atoms with E-state index in [2.05, 4.69) is 50.2 Å². The summed E-state index contributed by atoms with van der Waals surface area (Å²) in [5.41, 5.74) is 3.21. The van der Waals surface area contributed by atoms with E-state index in [0.29, 0.717) is 12.5 Å². The van der Waals surface area contributed by atoms with Gasteiger partial charge in [-0.2, -0.15) is 0 Å².